The first-order valence-corrected chi connectivity index (χ1v) is 15.7. The normalized spacial score (nSPS) is 23.1. The van der Waals surface area contributed by atoms with Crippen LogP contribution in [0.25, 0.3) is 22.0 Å². The van der Waals surface area contributed by atoms with Gasteiger partial charge in [-0.25, -0.2) is 14.4 Å². The average Bonchev–Trinajstić information content (AvgIpc) is 3.53. The molecule has 9 nitrogen and oxygen atoms in total. The number of benzene rings is 1. The fourth-order valence-electron chi connectivity index (χ4n) is 6.67. The number of carbonyl (C=O) groups is 4. The van der Waals surface area contributed by atoms with Gasteiger partial charge in [0.05, 0.1) is 18.1 Å². The van der Waals surface area contributed by atoms with E-state index in [2.05, 4.69) is 15.1 Å². The Kier molecular flexibility index (Phi) is 8.82. The Hall–Kier alpha value is -3.82. The van der Waals surface area contributed by atoms with Crippen LogP contribution in [0.5, 0.6) is 0 Å². The third kappa shape index (κ3) is 6.35. The lowest BCUT2D eigenvalue weighted by atomic mass is 9.79. The van der Waals surface area contributed by atoms with Crippen molar-refractivity contribution in [3.8, 4) is 11.1 Å². The molecule has 2 bridgehead atoms. The third-order valence-corrected chi connectivity index (χ3v) is 9.39. The van der Waals surface area contributed by atoms with Crippen LogP contribution in [-0.4, -0.2) is 66.2 Å². The van der Waals surface area contributed by atoms with Crippen molar-refractivity contribution >= 4 is 34.2 Å². The summed E-state index contributed by atoms with van der Waals surface area (Å²) in [6, 6.07) is 3.03. The summed E-state index contributed by atoms with van der Waals surface area (Å²) in [7, 11) is 0. The van der Waals surface area contributed by atoms with E-state index in [9.17, 15) is 19.2 Å². The predicted octanol–water partition coefficient (Wildman–Crippen LogP) is 5.78. The zero-order valence-electron chi connectivity index (χ0n) is 26.4. The van der Waals surface area contributed by atoms with Crippen LogP contribution in [-0.2, 0) is 27.3 Å². The molecule has 3 aromatic rings. The second-order valence-electron chi connectivity index (χ2n) is 13.2. The monoisotopic (exact) mass is 603 g/mol. The van der Waals surface area contributed by atoms with Crippen molar-refractivity contribution < 1.29 is 23.6 Å². The molecule has 1 fully saturated rings. The fraction of sp³-hybridized carbons (Fsp3) is 0.559. The van der Waals surface area contributed by atoms with Crippen molar-refractivity contribution in [2.45, 2.75) is 111 Å². The lowest BCUT2D eigenvalue weighted by molar-refractivity contribution is -0.138. The summed E-state index contributed by atoms with van der Waals surface area (Å²) in [5.74, 6) is -0.224. The van der Waals surface area contributed by atoms with Gasteiger partial charge in [-0.05, 0) is 55.9 Å². The summed E-state index contributed by atoms with van der Waals surface area (Å²) in [6.07, 6.45) is 7.48. The predicted molar refractivity (Wildman–Crippen MR) is 165 cm³/mol. The molecule has 1 aromatic carbocycles. The van der Waals surface area contributed by atoms with Crippen LogP contribution < -0.4 is 0 Å². The maximum absolute atomic E-state index is 16.3. The number of fused-ring (bicyclic) bond motifs is 2. The molecule has 1 saturated heterocycles. The Morgan fingerprint density at radius 3 is 2.43 bits per heavy atom. The van der Waals surface area contributed by atoms with Crippen molar-refractivity contribution in [1.29, 1.82) is 0 Å². The Morgan fingerprint density at radius 2 is 1.75 bits per heavy atom. The van der Waals surface area contributed by atoms with Crippen molar-refractivity contribution in [2.24, 2.45) is 5.41 Å². The summed E-state index contributed by atoms with van der Waals surface area (Å²) in [5, 5.41) is 5.25. The quantitative estimate of drug-likeness (QED) is 0.347. The Morgan fingerprint density at radius 1 is 1.02 bits per heavy atom. The first-order chi connectivity index (χ1) is 20.8. The van der Waals surface area contributed by atoms with E-state index in [-0.39, 0.29) is 61.8 Å². The van der Waals surface area contributed by atoms with Crippen LogP contribution in [0.2, 0.25) is 0 Å². The molecule has 1 amide bonds. The van der Waals surface area contributed by atoms with E-state index >= 15 is 4.39 Å². The number of hydrogen-bond acceptors (Lipinski definition) is 7. The van der Waals surface area contributed by atoms with Crippen LogP contribution in [0.4, 0.5) is 4.39 Å². The van der Waals surface area contributed by atoms with Gasteiger partial charge in [0.25, 0.3) is 0 Å². The van der Waals surface area contributed by atoms with E-state index < -0.39 is 23.0 Å². The van der Waals surface area contributed by atoms with E-state index in [1.165, 1.54) is 11.8 Å². The van der Waals surface area contributed by atoms with Gasteiger partial charge in [0.15, 0.2) is 11.6 Å². The van der Waals surface area contributed by atoms with Gasteiger partial charge < -0.3 is 4.90 Å². The Labute approximate surface area is 257 Å². The summed E-state index contributed by atoms with van der Waals surface area (Å²) < 4.78 is 17.9. The standard InChI is InChI=1S/C34H42FN5O4/c1-6-28(42)27-16-34(35)13-11-29(43)33(4,5)12-9-7-8-10-23-14-24(25-17-36-22(3)37-18-25)15-26-31(21(2)41)38-40(32(23)26)19-30(44)39(27)20-34/h14-15,17-18,27H,6-13,16,19-20H2,1-5H3/t27-,34+/m0/s1. The lowest BCUT2D eigenvalue weighted by Gasteiger charge is -2.26. The van der Waals surface area contributed by atoms with Gasteiger partial charge in [-0.1, -0.05) is 33.6 Å². The molecule has 5 rings (SSSR count). The second kappa shape index (κ2) is 12.3. The highest BCUT2D eigenvalue weighted by Crippen LogP contribution is 2.38. The highest BCUT2D eigenvalue weighted by Gasteiger charge is 2.49. The molecule has 0 unspecified atom stereocenters. The Balaban J connectivity index is 1.62. The summed E-state index contributed by atoms with van der Waals surface area (Å²) in [6.45, 7) is 8.32. The van der Waals surface area contributed by atoms with Gasteiger partial charge in [0.1, 0.15) is 29.5 Å². The van der Waals surface area contributed by atoms with Crippen molar-refractivity contribution in [2.75, 3.05) is 6.54 Å². The second-order valence-corrected chi connectivity index (χ2v) is 13.2. The van der Waals surface area contributed by atoms with Crippen LogP contribution in [0.1, 0.15) is 101 Å². The number of aromatic nitrogens is 4. The molecular formula is C34H42FN5O4. The maximum Gasteiger partial charge on any atom is 0.245 e. The summed E-state index contributed by atoms with van der Waals surface area (Å²) in [4.78, 5) is 62.9. The molecule has 0 spiro atoms. The average molecular weight is 604 g/mol. The highest BCUT2D eigenvalue weighted by atomic mass is 19.1. The molecule has 2 atom stereocenters. The van der Waals surface area contributed by atoms with E-state index in [4.69, 9.17) is 0 Å². The molecule has 4 heterocycles. The fourth-order valence-corrected chi connectivity index (χ4v) is 6.67. The first-order valence-electron chi connectivity index (χ1n) is 15.7. The zero-order chi connectivity index (χ0) is 31.8. The minimum absolute atomic E-state index is 0.00797. The summed E-state index contributed by atoms with van der Waals surface area (Å²) in [5.41, 5.74) is 1.07. The molecule has 0 radical (unpaired) electrons. The Bertz CT molecular complexity index is 1610. The maximum atomic E-state index is 16.3. The SMILES string of the molecule is CCC(=O)[C@@H]1C[C@]2(F)CCC(=O)C(C)(C)CCCCCc3cc(-c4cnc(C)nc4)cc4c(C(C)=O)nn(c34)CC(=O)N1C2. The molecule has 10 heteroatoms. The lowest BCUT2D eigenvalue weighted by Crippen LogP contribution is -2.42. The highest BCUT2D eigenvalue weighted by molar-refractivity contribution is 6.07. The van der Waals surface area contributed by atoms with Crippen LogP contribution in [0, 0.1) is 12.3 Å². The minimum atomic E-state index is -1.84. The van der Waals surface area contributed by atoms with Gasteiger partial charge >= 0.3 is 0 Å². The van der Waals surface area contributed by atoms with Gasteiger partial charge in [-0.3, -0.25) is 23.9 Å². The number of halogens is 1. The van der Waals surface area contributed by atoms with Gasteiger partial charge in [0, 0.05) is 54.9 Å². The van der Waals surface area contributed by atoms with E-state index in [1.807, 2.05) is 32.9 Å². The number of hydrogen-bond donors (Lipinski definition) is 0. The van der Waals surface area contributed by atoms with Crippen molar-refractivity contribution in [1.82, 2.24) is 24.6 Å². The molecule has 0 saturated carbocycles. The number of amides is 1. The molecule has 0 aliphatic carbocycles. The molecular weight excluding hydrogens is 561 g/mol. The molecule has 44 heavy (non-hydrogen) atoms. The summed E-state index contributed by atoms with van der Waals surface area (Å²) >= 11 is 0. The third-order valence-electron chi connectivity index (χ3n) is 9.39. The smallest absolute Gasteiger partial charge is 0.245 e. The molecule has 2 aliphatic rings. The van der Waals surface area contributed by atoms with Crippen molar-refractivity contribution in [3.05, 3.63) is 41.6 Å². The number of alkyl halides is 1. The van der Waals surface area contributed by atoms with Gasteiger partial charge in [-0.2, -0.15) is 5.10 Å². The largest absolute Gasteiger partial charge is 0.328 e. The number of aryl methyl sites for hydroxylation is 2. The van der Waals surface area contributed by atoms with Crippen LogP contribution in [0.15, 0.2) is 24.5 Å². The number of carbonyl (C=O) groups excluding carboxylic acids is 4. The van der Waals surface area contributed by atoms with Gasteiger partial charge in [0.2, 0.25) is 5.91 Å². The molecule has 2 aliphatic heterocycles. The van der Waals surface area contributed by atoms with Gasteiger partial charge in [-0.15, -0.1) is 0 Å². The van der Waals surface area contributed by atoms with Crippen molar-refractivity contribution in [3.63, 3.8) is 0 Å². The number of rotatable bonds is 4. The van der Waals surface area contributed by atoms with Crippen LogP contribution >= 0.6 is 0 Å². The number of ketones is 3. The minimum Gasteiger partial charge on any atom is -0.328 e. The van der Waals surface area contributed by atoms with E-state index in [0.29, 0.717) is 29.6 Å². The topological polar surface area (TPSA) is 115 Å². The molecule has 2 aromatic heterocycles. The number of Topliss-reactive ketones (excluding diaryl/α,β-unsaturated/α-hetero) is 3. The molecule has 234 valence electrons. The van der Waals surface area contributed by atoms with E-state index in [1.54, 1.807) is 24.0 Å². The van der Waals surface area contributed by atoms with Crippen LogP contribution in [0.3, 0.4) is 0 Å². The molecule has 0 N–H and O–H groups in total. The number of nitrogens with zero attached hydrogens (tertiary/aromatic N) is 5. The zero-order valence-corrected chi connectivity index (χ0v) is 26.4. The first kappa shape index (κ1) is 31.6. The van der Waals surface area contributed by atoms with E-state index in [0.717, 1.165) is 36.0 Å².